The van der Waals surface area contributed by atoms with Crippen molar-refractivity contribution in [3.63, 3.8) is 0 Å². The second-order valence-electron chi connectivity index (χ2n) is 4.53. The monoisotopic (exact) mass is 272 g/mol. The number of hydrogen-bond acceptors (Lipinski definition) is 4. The number of aromatic amines is 1. The van der Waals surface area contributed by atoms with Crippen LogP contribution >= 0.6 is 11.3 Å². The number of nitrogens with zero attached hydrogens (tertiary/aromatic N) is 2. The van der Waals surface area contributed by atoms with Crippen molar-refractivity contribution in [1.29, 1.82) is 0 Å². The molecular formula is C14H16N4S. The van der Waals surface area contributed by atoms with Gasteiger partial charge in [-0.2, -0.15) is 0 Å². The molecule has 0 fully saturated rings. The second-order valence-corrected chi connectivity index (χ2v) is 5.64. The highest BCUT2D eigenvalue weighted by Gasteiger charge is 2.06. The van der Waals surface area contributed by atoms with E-state index >= 15 is 0 Å². The third kappa shape index (κ3) is 2.52. The SMILES string of the molecule is CNCCc1ncc(-c2ccc3nc(C)[nH]c3c2)s1. The van der Waals surface area contributed by atoms with Gasteiger partial charge in [-0.15, -0.1) is 11.3 Å². The maximum Gasteiger partial charge on any atom is 0.104 e. The maximum atomic E-state index is 4.47. The summed E-state index contributed by atoms with van der Waals surface area (Å²) in [5, 5.41) is 4.32. The number of fused-ring (bicyclic) bond motifs is 1. The molecule has 0 saturated heterocycles. The molecule has 2 N–H and O–H groups in total. The lowest BCUT2D eigenvalue weighted by Crippen LogP contribution is -2.09. The Morgan fingerprint density at radius 2 is 2.26 bits per heavy atom. The average molecular weight is 272 g/mol. The molecule has 0 saturated carbocycles. The number of aromatic nitrogens is 3. The lowest BCUT2D eigenvalue weighted by atomic mass is 10.2. The number of thiazole rings is 1. The lowest BCUT2D eigenvalue weighted by molar-refractivity contribution is 0.787. The summed E-state index contributed by atoms with van der Waals surface area (Å²) in [4.78, 5) is 13.4. The molecule has 0 aliphatic carbocycles. The molecule has 2 aromatic heterocycles. The highest BCUT2D eigenvalue weighted by atomic mass is 32.1. The number of nitrogens with one attached hydrogen (secondary N) is 2. The van der Waals surface area contributed by atoms with Crippen LogP contribution in [0.5, 0.6) is 0 Å². The second kappa shape index (κ2) is 5.11. The fourth-order valence-corrected chi connectivity index (χ4v) is 3.00. The van der Waals surface area contributed by atoms with Crippen LogP contribution < -0.4 is 5.32 Å². The molecule has 0 amide bonds. The Balaban J connectivity index is 1.92. The van der Waals surface area contributed by atoms with E-state index < -0.39 is 0 Å². The fraction of sp³-hybridized carbons (Fsp3) is 0.286. The van der Waals surface area contributed by atoms with Gasteiger partial charge in [0.15, 0.2) is 0 Å². The first kappa shape index (κ1) is 12.3. The highest BCUT2D eigenvalue weighted by Crippen LogP contribution is 2.28. The van der Waals surface area contributed by atoms with Gasteiger partial charge in [0.05, 0.1) is 20.9 Å². The van der Waals surface area contributed by atoms with Crippen molar-refractivity contribution in [3.8, 4) is 10.4 Å². The third-order valence-electron chi connectivity index (χ3n) is 3.03. The Labute approximate surface area is 115 Å². The van der Waals surface area contributed by atoms with Gasteiger partial charge in [0, 0.05) is 19.2 Å². The van der Waals surface area contributed by atoms with Gasteiger partial charge in [0.25, 0.3) is 0 Å². The van der Waals surface area contributed by atoms with Crippen LogP contribution in [0, 0.1) is 6.92 Å². The van der Waals surface area contributed by atoms with Crippen LogP contribution in [0.2, 0.25) is 0 Å². The molecule has 5 heteroatoms. The van der Waals surface area contributed by atoms with Crippen LogP contribution in [0.1, 0.15) is 10.8 Å². The van der Waals surface area contributed by atoms with E-state index in [1.165, 1.54) is 15.4 Å². The topological polar surface area (TPSA) is 53.6 Å². The Morgan fingerprint density at radius 1 is 1.37 bits per heavy atom. The quantitative estimate of drug-likeness (QED) is 0.768. The average Bonchev–Trinajstić information content (AvgIpc) is 3.00. The highest BCUT2D eigenvalue weighted by molar-refractivity contribution is 7.15. The minimum Gasteiger partial charge on any atom is -0.342 e. The lowest BCUT2D eigenvalue weighted by Gasteiger charge is -1.96. The molecule has 0 radical (unpaired) electrons. The Morgan fingerprint density at radius 3 is 3.11 bits per heavy atom. The summed E-state index contributed by atoms with van der Waals surface area (Å²) in [7, 11) is 1.96. The predicted molar refractivity (Wildman–Crippen MR) is 79.6 cm³/mol. The normalized spacial score (nSPS) is 11.3. The summed E-state index contributed by atoms with van der Waals surface area (Å²) in [6.07, 6.45) is 2.94. The van der Waals surface area contributed by atoms with Gasteiger partial charge < -0.3 is 10.3 Å². The standard InChI is InChI=1S/C14H16N4S/c1-9-17-11-4-3-10(7-12(11)18-9)13-8-16-14(19-13)5-6-15-2/h3-4,7-8,15H,5-6H2,1-2H3,(H,17,18). The molecule has 4 nitrogen and oxygen atoms in total. The molecule has 0 spiro atoms. The van der Waals surface area contributed by atoms with Crippen molar-refractivity contribution in [3.05, 3.63) is 35.2 Å². The molecule has 0 unspecified atom stereocenters. The summed E-state index contributed by atoms with van der Waals surface area (Å²) >= 11 is 1.76. The van der Waals surface area contributed by atoms with E-state index in [0.717, 1.165) is 29.8 Å². The number of likely N-dealkylation sites (N-methyl/N-ethyl adjacent to an activating group) is 1. The molecule has 3 aromatic rings. The minimum absolute atomic E-state index is 0.950. The van der Waals surface area contributed by atoms with E-state index in [1.54, 1.807) is 11.3 Å². The van der Waals surface area contributed by atoms with Crippen molar-refractivity contribution in [1.82, 2.24) is 20.3 Å². The first-order valence-electron chi connectivity index (χ1n) is 6.32. The fourth-order valence-electron chi connectivity index (χ4n) is 2.08. The number of benzene rings is 1. The maximum absolute atomic E-state index is 4.47. The minimum atomic E-state index is 0.950. The van der Waals surface area contributed by atoms with Crippen molar-refractivity contribution in [2.75, 3.05) is 13.6 Å². The van der Waals surface area contributed by atoms with Crippen LogP contribution in [0.4, 0.5) is 0 Å². The zero-order chi connectivity index (χ0) is 13.2. The van der Waals surface area contributed by atoms with Crippen molar-refractivity contribution >= 4 is 22.4 Å². The summed E-state index contributed by atoms with van der Waals surface area (Å²) in [5.41, 5.74) is 3.30. The van der Waals surface area contributed by atoms with Gasteiger partial charge >= 0.3 is 0 Å². The van der Waals surface area contributed by atoms with Gasteiger partial charge in [0.1, 0.15) is 5.82 Å². The summed E-state index contributed by atoms with van der Waals surface area (Å²) in [5.74, 6) is 0.950. The van der Waals surface area contributed by atoms with E-state index in [1.807, 2.05) is 20.2 Å². The largest absolute Gasteiger partial charge is 0.342 e. The predicted octanol–water partition coefficient (Wildman–Crippen LogP) is 2.76. The van der Waals surface area contributed by atoms with E-state index in [2.05, 4.69) is 38.5 Å². The molecular weight excluding hydrogens is 256 g/mol. The smallest absolute Gasteiger partial charge is 0.104 e. The van der Waals surface area contributed by atoms with Crippen LogP contribution in [0.25, 0.3) is 21.5 Å². The van der Waals surface area contributed by atoms with Crippen LogP contribution in [0.3, 0.4) is 0 Å². The van der Waals surface area contributed by atoms with Gasteiger partial charge in [0.2, 0.25) is 0 Å². The van der Waals surface area contributed by atoms with Crippen molar-refractivity contribution in [2.24, 2.45) is 0 Å². The zero-order valence-corrected chi connectivity index (χ0v) is 11.8. The zero-order valence-electron chi connectivity index (χ0n) is 11.0. The first-order valence-corrected chi connectivity index (χ1v) is 7.14. The molecule has 2 heterocycles. The van der Waals surface area contributed by atoms with Crippen LogP contribution in [-0.4, -0.2) is 28.5 Å². The van der Waals surface area contributed by atoms with E-state index in [-0.39, 0.29) is 0 Å². The Hall–Kier alpha value is -1.72. The van der Waals surface area contributed by atoms with E-state index in [9.17, 15) is 0 Å². The van der Waals surface area contributed by atoms with E-state index in [0.29, 0.717) is 0 Å². The molecule has 1 aromatic carbocycles. The molecule has 98 valence electrons. The first-order chi connectivity index (χ1) is 9.26. The van der Waals surface area contributed by atoms with Gasteiger partial charge in [-0.05, 0) is 31.7 Å². The molecule has 0 aliphatic heterocycles. The van der Waals surface area contributed by atoms with E-state index in [4.69, 9.17) is 0 Å². The van der Waals surface area contributed by atoms with Crippen molar-refractivity contribution < 1.29 is 0 Å². The molecule has 0 bridgehead atoms. The van der Waals surface area contributed by atoms with Gasteiger partial charge in [-0.25, -0.2) is 9.97 Å². The molecule has 0 atom stereocenters. The number of imidazole rings is 1. The van der Waals surface area contributed by atoms with Gasteiger partial charge in [-0.1, -0.05) is 6.07 Å². The van der Waals surface area contributed by atoms with Crippen LogP contribution in [0.15, 0.2) is 24.4 Å². The summed E-state index contributed by atoms with van der Waals surface area (Å²) in [6.45, 7) is 2.94. The number of hydrogen-bond donors (Lipinski definition) is 2. The number of rotatable bonds is 4. The molecule has 0 aliphatic rings. The third-order valence-corrected chi connectivity index (χ3v) is 4.13. The Kier molecular flexibility index (Phi) is 3.31. The molecule has 3 rings (SSSR count). The summed E-state index contributed by atoms with van der Waals surface area (Å²) < 4.78 is 0. The Bertz CT molecular complexity index is 698. The van der Waals surface area contributed by atoms with Gasteiger partial charge in [-0.3, -0.25) is 0 Å². The summed E-state index contributed by atoms with van der Waals surface area (Å²) in [6, 6.07) is 6.31. The van der Waals surface area contributed by atoms with Crippen LogP contribution in [-0.2, 0) is 6.42 Å². The number of aryl methyl sites for hydroxylation is 1. The van der Waals surface area contributed by atoms with Crippen molar-refractivity contribution in [2.45, 2.75) is 13.3 Å². The number of H-pyrrole nitrogens is 1. The molecule has 19 heavy (non-hydrogen) atoms.